The number of nitrogens with zero attached hydrogens (tertiary/aromatic N) is 2. The number of rotatable bonds is 13. The summed E-state index contributed by atoms with van der Waals surface area (Å²) < 4.78 is 7.24. The average Bonchev–Trinajstić information content (AvgIpc) is 3.45. The van der Waals surface area contributed by atoms with Crippen molar-refractivity contribution >= 4 is 46.6 Å². The van der Waals surface area contributed by atoms with Crippen molar-refractivity contribution < 1.29 is 29.3 Å². The van der Waals surface area contributed by atoms with E-state index in [1.54, 1.807) is 36.4 Å². The van der Waals surface area contributed by atoms with Gasteiger partial charge >= 0.3 is 6.09 Å². The van der Waals surface area contributed by atoms with Crippen LogP contribution < -0.4 is 16.1 Å². The number of para-hydroxylation sites is 1. The van der Waals surface area contributed by atoms with Crippen LogP contribution in [0.5, 0.6) is 5.75 Å². The predicted octanol–water partition coefficient (Wildman–Crippen LogP) is 4.51. The Labute approximate surface area is 281 Å². The highest BCUT2D eigenvalue weighted by atomic mass is 35.5. The van der Waals surface area contributed by atoms with Gasteiger partial charge in [0, 0.05) is 40.7 Å². The largest absolute Gasteiger partial charge is 0.508 e. The molecule has 12 heteroatoms. The van der Waals surface area contributed by atoms with Gasteiger partial charge in [-0.1, -0.05) is 84.4 Å². The minimum absolute atomic E-state index is 0.0316. The van der Waals surface area contributed by atoms with Gasteiger partial charge in [0.1, 0.15) is 24.4 Å². The summed E-state index contributed by atoms with van der Waals surface area (Å²) in [4.78, 5) is 38.9. The number of halogens is 1. The molecule has 1 heterocycles. The minimum Gasteiger partial charge on any atom is -0.508 e. The molecule has 11 nitrogen and oxygen atoms in total. The van der Waals surface area contributed by atoms with Crippen LogP contribution in [0.2, 0.25) is 5.02 Å². The Balaban J connectivity index is 1.27. The molecule has 4 aromatic carbocycles. The number of aromatic hydroxyl groups is 1. The quantitative estimate of drug-likeness (QED) is 0.0920. The van der Waals surface area contributed by atoms with Gasteiger partial charge in [0.25, 0.3) is 5.91 Å². The topological polar surface area (TPSA) is 154 Å². The second-order valence-electron chi connectivity index (χ2n) is 11.0. The molecule has 5 N–H and O–H groups in total. The van der Waals surface area contributed by atoms with Gasteiger partial charge in [-0.2, -0.15) is 5.10 Å². The van der Waals surface area contributed by atoms with Gasteiger partial charge < -0.3 is 30.2 Å². The molecule has 0 bridgehead atoms. The number of hydrogen-bond acceptors (Lipinski definition) is 7. The lowest BCUT2D eigenvalue weighted by Gasteiger charge is -2.21. The van der Waals surface area contributed by atoms with Gasteiger partial charge in [0.15, 0.2) is 0 Å². The average molecular weight is 668 g/mol. The summed E-state index contributed by atoms with van der Waals surface area (Å²) in [5.74, 6) is -1.40. The fraction of sp³-hybridized carbons (Fsp3) is 0.167. The van der Waals surface area contributed by atoms with E-state index in [4.69, 9.17) is 16.3 Å². The van der Waals surface area contributed by atoms with Gasteiger partial charge in [0.2, 0.25) is 5.91 Å². The van der Waals surface area contributed by atoms with Crippen molar-refractivity contribution in [3.63, 3.8) is 0 Å². The summed E-state index contributed by atoms with van der Waals surface area (Å²) in [7, 11) is 0. The molecule has 5 rings (SSSR count). The molecule has 0 spiro atoms. The van der Waals surface area contributed by atoms with Crippen LogP contribution in [0.15, 0.2) is 114 Å². The molecule has 0 radical (unpaired) electrons. The molecule has 0 saturated heterocycles. The van der Waals surface area contributed by atoms with Crippen LogP contribution in [0.4, 0.5) is 4.79 Å². The highest BCUT2D eigenvalue weighted by Crippen LogP contribution is 2.22. The van der Waals surface area contributed by atoms with Crippen molar-refractivity contribution in [3.05, 3.63) is 137 Å². The van der Waals surface area contributed by atoms with Gasteiger partial charge in [0.05, 0.1) is 12.8 Å². The highest BCUT2D eigenvalue weighted by molar-refractivity contribution is 6.30. The second kappa shape index (κ2) is 16.3. The van der Waals surface area contributed by atoms with E-state index < -0.39 is 36.6 Å². The van der Waals surface area contributed by atoms with Crippen molar-refractivity contribution in [2.45, 2.75) is 31.7 Å². The first-order valence-corrected chi connectivity index (χ1v) is 15.5. The Bertz CT molecular complexity index is 1880. The Morgan fingerprint density at radius 1 is 0.812 bits per heavy atom. The van der Waals surface area contributed by atoms with Crippen molar-refractivity contribution in [2.75, 3.05) is 6.61 Å². The van der Waals surface area contributed by atoms with E-state index in [1.807, 2.05) is 60.8 Å². The smallest absolute Gasteiger partial charge is 0.408 e. The van der Waals surface area contributed by atoms with E-state index in [0.29, 0.717) is 17.1 Å². The molecule has 5 aromatic rings. The standard InChI is InChI=1S/C36H34ClN5O6/c37-28-14-10-25(11-15-28)20-42-21-27(30-8-4-5-9-33(30)42)19-38-41-35(46)31(18-24-12-16-29(44)17-13-24)39-34(45)32(22-43)40-36(47)48-23-26-6-2-1-3-7-26/h1-17,19,21,31-32,43-44H,18,20,22-23H2,(H,39,45)(H,40,47)(H,41,46)/b38-19-/t31-,32-/m0/s1. The molecule has 0 aliphatic heterocycles. The number of amides is 3. The summed E-state index contributed by atoms with van der Waals surface area (Å²) in [6.07, 6.45) is 2.58. The fourth-order valence-corrected chi connectivity index (χ4v) is 5.12. The van der Waals surface area contributed by atoms with Gasteiger partial charge in [-0.25, -0.2) is 10.2 Å². The molecule has 48 heavy (non-hydrogen) atoms. The van der Waals surface area contributed by atoms with E-state index >= 15 is 0 Å². The number of benzene rings is 4. The van der Waals surface area contributed by atoms with E-state index in [9.17, 15) is 24.6 Å². The van der Waals surface area contributed by atoms with Crippen molar-refractivity contribution in [2.24, 2.45) is 5.10 Å². The predicted molar refractivity (Wildman–Crippen MR) is 183 cm³/mol. The number of fused-ring (bicyclic) bond motifs is 1. The molecular weight excluding hydrogens is 634 g/mol. The van der Waals surface area contributed by atoms with Crippen molar-refractivity contribution in [1.29, 1.82) is 0 Å². The maximum atomic E-state index is 13.4. The molecule has 0 unspecified atom stereocenters. The molecule has 0 aliphatic carbocycles. The summed E-state index contributed by atoms with van der Waals surface area (Å²) in [5.41, 5.74) is 6.68. The number of aliphatic hydroxyl groups excluding tert-OH is 1. The summed E-state index contributed by atoms with van der Waals surface area (Å²) in [6, 6.07) is 28.0. The number of ether oxygens (including phenoxy) is 1. The number of aromatic nitrogens is 1. The number of carbonyl (C=O) groups is 3. The zero-order valence-corrected chi connectivity index (χ0v) is 26.5. The molecule has 0 aliphatic rings. The number of nitrogens with one attached hydrogen (secondary N) is 3. The Morgan fingerprint density at radius 2 is 1.50 bits per heavy atom. The highest BCUT2D eigenvalue weighted by Gasteiger charge is 2.27. The Hall–Kier alpha value is -5.65. The van der Waals surface area contributed by atoms with E-state index in [-0.39, 0.29) is 18.8 Å². The van der Waals surface area contributed by atoms with Crippen LogP contribution in [0, 0.1) is 0 Å². The first kappa shape index (κ1) is 33.7. The summed E-state index contributed by atoms with van der Waals surface area (Å²) >= 11 is 6.05. The SMILES string of the molecule is O=C(N[C@@H](CO)C(=O)N[C@@H](Cc1ccc(O)cc1)C(=O)N/N=C\c1cn(Cc2ccc(Cl)cc2)c2ccccc12)OCc1ccccc1. The van der Waals surface area contributed by atoms with Crippen molar-refractivity contribution in [1.82, 2.24) is 20.6 Å². The molecule has 0 fully saturated rings. The molecular formula is C36H34ClN5O6. The van der Waals surface area contributed by atoms with Gasteiger partial charge in [-0.15, -0.1) is 0 Å². The zero-order chi connectivity index (χ0) is 33.9. The van der Waals surface area contributed by atoms with E-state index in [1.165, 1.54) is 18.3 Å². The monoisotopic (exact) mass is 667 g/mol. The van der Waals surface area contributed by atoms with Gasteiger partial charge in [-0.05, 0) is 47.0 Å². The molecule has 2 atom stereocenters. The number of aliphatic hydroxyl groups is 1. The third kappa shape index (κ3) is 9.21. The Kier molecular flexibility index (Phi) is 11.4. The third-order valence-electron chi connectivity index (χ3n) is 7.48. The maximum Gasteiger partial charge on any atom is 0.408 e. The third-order valence-corrected chi connectivity index (χ3v) is 7.73. The van der Waals surface area contributed by atoms with Crippen molar-refractivity contribution in [3.8, 4) is 5.75 Å². The first-order valence-electron chi connectivity index (χ1n) is 15.1. The molecule has 3 amide bonds. The van der Waals surface area contributed by atoms with Crippen LogP contribution in [0.25, 0.3) is 10.9 Å². The molecule has 246 valence electrons. The van der Waals surface area contributed by atoms with Crippen LogP contribution >= 0.6 is 11.6 Å². The van der Waals surface area contributed by atoms with Crippen LogP contribution in [0.3, 0.4) is 0 Å². The number of phenols is 1. The lowest BCUT2D eigenvalue weighted by molar-refractivity contribution is -0.130. The van der Waals surface area contributed by atoms with Crippen LogP contribution in [0.1, 0.15) is 22.3 Å². The normalized spacial score (nSPS) is 12.4. The number of hydrogen-bond donors (Lipinski definition) is 5. The molecule has 1 aromatic heterocycles. The first-order chi connectivity index (χ1) is 23.3. The van der Waals surface area contributed by atoms with Gasteiger partial charge in [-0.3, -0.25) is 9.59 Å². The van der Waals surface area contributed by atoms with E-state index in [0.717, 1.165) is 27.6 Å². The zero-order valence-electron chi connectivity index (χ0n) is 25.8. The van der Waals surface area contributed by atoms with Crippen LogP contribution in [-0.4, -0.2) is 57.6 Å². The lowest BCUT2D eigenvalue weighted by atomic mass is 10.0. The van der Waals surface area contributed by atoms with Crippen LogP contribution in [-0.2, 0) is 33.9 Å². The lowest BCUT2D eigenvalue weighted by Crippen LogP contribution is -2.55. The summed E-state index contributed by atoms with van der Waals surface area (Å²) in [6.45, 7) is -0.174. The van der Waals surface area contributed by atoms with E-state index in [2.05, 4.69) is 25.7 Å². The maximum absolute atomic E-state index is 13.4. The Morgan fingerprint density at radius 3 is 2.23 bits per heavy atom. The number of phenolic OH excluding ortho intramolecular Hbond substituents is 1. The molecule has 0 saturated carbocycles. The summed E-state index contributed by atoms with van der Waals surface area (Å²) in [5, 5.41) is 30.3. The number of hydrazone groups is 1. The second-order valence-corrected chi connectivity index (χ2v) is 11.4. The number of alkyl carbamates (subject to hydrolysis) is 1. The minimum atomic E-state index is -1.39. The fourth-order valence-electron chi connectivity index (χ4n) is 4.99. The number of carbonyl (C=O) groups excluding carboxylic acids is 3.